The second kappa shape index (κ2) is 6.74. The number of hydrogen-bond acceptors (Lipinski definition) is 3. The normalized spacial score (nSPS) is 22.0. The minimum absolute atomic E-state index is 0.252. The van der Waals surface area contributed by atoms with Crippen LogP contribution in [0.15, 0.2) is 0 Å². The monoisotopic (exact) mass is 260 g/mol. The zero-order valence-electron chi connectivity index (χ0n) is 10.3. The Morgan fingerprint density at radius 3 is 2.76 bits per heavy atom. The third kappa shape index (κ3) is 4.11. The SMILES string of the molecule is CCC1CN(C(=O)N[C@H](CC)C(=O)O)CCS1. The number of carboxylic acids is 1. The summed E-state index contributed by atoms with van der Waals surface area (Å²) in [5.41, 5.74) is 0. The molecule has 1 aliphatic heterocycles. The van der Waals surface area contributed by atoms with Crippen LogP contribution in [0.25, 0.3) is 0 Å². The molecule has 1 saturated heterocycles. The Kier molecular flexibility index (Phi) is 5.61. The Bertz CT molecular complexity index is 286. The standard InChI is InChI=1S/C11H20N2O3S/c1-3-8-7-13(5-6-17-8)11(16)12-9(4-2)10(14)15/h8-9H,3-7H2,1-2H3,(H,12,16)(H,14,15)/t8?,9-/m1/s1. The van der Waals surface area contributed by atoms with Crippen molar-refractivity contribution in [2.24, 2.45) is 0 Å². The fourth-order valence-electron chi connectivity index (χ4n) is 1.73. The van der Waals surface area contributed by atoms with Crippen molar-refractivity contribution in [3.63, 3.8) is 0 Å². The second-order valence-corrected chi connectivity index (χ2v) is 5.50. The molecule has 1 rings (SSSR count). The summed E-state index contributed by atoms with van der Waals surface area (Å²) in [4.78, 5) is 24.4. The molecule has 1 heterocycles. The van der Waals surface area contributed by atoms with Crippen molar-refractivity contribution < 1.29 is 14.7 Å². The first-order chi connectivity index (χ1) is 8.08. The number of urea groups is 1. The van der Waals surface area contributed by atoms with E-state index in [2.05, 4.69) is 12.2 Å². The van der Waals surface area contributed by atoms with Crippen LogP contribution in [0, 0.1) is 0 Å². The topological polar surface area (TPSA) is 69.6 Å². The van der Waals surface area contributed by atoms with Crippen LogP contribution in [-0.2, 0) is 4.79 Å². The molecule has 0 aliphatic carbocycles. The molecular weight excluding hydrogens is 240 g/mol. The first-order valence-electron chi connectivity index (χ1n) is 5.98. The average molecular weight is 260 g/mol. The van der Waals surface area contributed by atoms with E-state index in [0.717, 1.165) is 12.2 Å². The summed E-state index contributed by atoms with van der Waals surface area (Å²) in [6, 6.07) is -1.03. The highest BCUT2D eigenvalue weighted by atomic mass is 32.2. The summed E-state index contributed by atoms with van der Waals surface area (Å²) in [6.45, 7) is 5.26. The number of carbonyl (C=O) groups is 2. The molecule has 0 aromatic heterocycles. The highest BCUT2D eigenvalue weighted by Crippen LogP contribution is 2.20. The molecule has 1 fully saturated rings. The van der Waals surface area contributed by atoms with Gasteiger partial charge in [0.05, 0.1) is 0 Å². The largest absolute Gasteiger partial charge is 0.480 e. The molecule has 2 amide bonds. The van der Waals surface area contributed by atoms with Crippen LogP contribution >= 0.6 is 11.8 Å². The molecule has 2 atom stereocenters. The van der Waals surface area contributed by atoms with Gasteiger partial charge in [-0.15, -0.1) is 0 Å². The molecule has 0 bridgehead atoms. The molecule has 6 heteroatoms. The summed E-state index contributed by atoms with van der Waals surface area (Å²) < 4.78 is 0. The van der Waals surface area contributed by atoms with Crippen LogP contribution in [0.3, 0.4) is 0 Å². The fraction of sp³-hybridized carbons (Fsp3) is 0.818. The maximum atomic E-state index is 11.9. The van der Waals surface area contributed by atoms with E-state index in [1.54, 1.807) is 11.8 Å². The molecule has 98 valence electrons. The molecule has 0 radical (unpaired) electrons. The number of aliphatic carboxylic acids is 1. The number of amides is 2. The minimum Gasteiger partial charge on any atom is -0.480 e. The number of rotatable bonds is 4. The van der Waals surface area contributed by atoms with E-state index in [0.29, 0.717) is 24.8 Å². The Labute approximate surface area is 106 Å². The highest BCUT2D eigenvalue weighted by molar-refractivity contribution is 8.00. The second-order valence-electron chi connectivity index (χ2n) is 4.10. The average Bonchev–Trinajstić information content (AvgIpc) is 2.35. The molecule has 0 saturated carbocycles. The smallest absolute Gasteiger partial charge is 0.326 e. The lowest BCUT2D eigenvalue weighted by Crippen LogP contribution is -2.51. The Morgan fingerprint density at radius 2 is 2.24 bits per heavy atom. The lowest BCUT2D eigenvalue weighted by Gasteiger charge is -2.32. The van der Waals surface area contributed by atoms with Gasteiger partial charge < -0.3 is 15.3 Å². The Morgan fingerprint density at radius 1 is 1.53 bits per heavy atom. The van der Waals surface area contributed by atoms with Crippen molar-refractivity contribution in [2.75, 3.05) is 18.8 Å². The zero-order chi connectivity index (χ0) is 12.8. The van der Waals surface area contributed by atoms with E-state index >= 15 is 0 Å². The van der Waals surface area contributed by atoms with Crippen LogP contribution in [0.2, 0.25) is 0 Å². The van der Waals surface area contributed by atoms with Crippen LogP contribution in [0.5, 0.6) is 0 Å². The zero-order valence-corrected chi connectivity index (χ0v) is 11.1. The number of thioether (sulfide) groups is 1. The van der Waals surface area contributed by atoms with Crippen molar-refractivity contribution >= 4 is 23.8 Å². The van der Waals surface area contributed by atoms with E-state index in [-0.39, 0.29) is 6.03 Å². The number of carbonyl (C=O) groups excluding carboxylic acids is 1. The van der Waals surface area contributed by atoms with Gasteiger partial charge in [-0.1, -0.05) is 13.8 Å². The maximum absolute atomic E-state index is 11.9. The molecule has 1 unspecified atom stereocenters. The fourth-order valence-corrected chi connectivity index (χ4v) is 2.91. The number of carboxylic acid groups (broad SMARTS) is 1. The predicted molar refractivity (Wildman–Crippen MR) is 68.4 cm³/mol. The summed E-state index contributed by atoms with van der Waals surface area (Å²) in [7, 11) is 0. The lowest BCUT2D eigenvalue weighted by molar-refractivity contribution is -0.139. The molecule has 0 spiro atoms. The lowest BCUT2D eigenvalue weighted by atomic mass is 10.2. The Balaban J connectivity index is 2.48. The first kappa shape index (κ1) is 14.2. The van der Waals surface area contributed by atoms with Gasteiger partial charge >= 0.3 is 12.0 Å². The summed E-state index contributed by atoms with van der Waals surface area (Å²) >= 11 is 1.88. The van der Waals surface area contributed by atoms with Gasteiger partial charge in [-0.2, -0.15) is 11.8 Å². The van der Waals surface area contributed by atoms with Gasteiger partial charge in [0, 0.05) is 24.1 Å². The van der Waals surface area contributed by atoms with E-state index < -0.39 is 12.0 Å². The summed E-state index contributed by atoms with van der Waals surface area (Å²) in [6.07, 6.45) is 1.44. The van der Waals surface area contributed by atoms with E-state index in [1.165, 1.54) is 0 Å². The Hall–Kier alpha value is -0.910. The highest BCUT2D eigenvalue weighted by Gasteiger charge is 2.26. The number of nitrogens with zero attached hydrogens (tertiary/aromatic N) is 1. The molecule has 1 aliphatic rings. The quantitative estimate of drug-likeness (QED) is 0.801. The van der Waals surface area contributed by atoms with Crippen molar-refractivity contribution in [3.05, 3.63) is 0 Å². The summed E-state index contributed by atoms with van der Waals surface area (Å²) in [5.74, 6) is -0.0465. The third-order valence-corrected chi connectivity index (χ3v) is 4.26. The van der Waals surface area contributed by atoms with Gasteiger partial charge in [-0.05, 0) is 12.8 Å². The first-order valence-corrected chi connectivity index (χ1v) is 7.03. The van der Waals surface area contributed by atoms with Crippen LogP contribution in [0.4, 0.5) is 4.79 Å². The number of nitrogens with one attached hydrogen (secondary N) is 1. The summed E-state index contributed by atoms with van der Waals surface area (Å²) in [5, 5.41) is 11.9. The molecule has 0 aromatic rings. The van der Waals surface area contributed by atoms with Crippen molar-refractivity contribution in [2.45, 2.75) is 38.0 Å². The van der Waals surface area contributed by atoms with Gasteiger partial charge in [-0.3, -0.25) is 0 Å². The minimum atomic E-state index is -0.973. The molecule has 17 heavy (non-hydrogen) atoms. The molecule has 0 aromatic carbocycles. The van der Waals surface area contributed by atoms with E-state index in [1.807, 2.05) is 11.8 Å². The van der Waals surface area contributed by atoms with Gasteiger partial charge in [0.2, 0.25) is 0 Å². The van der Waals surface area contributed by atoms with Gasteiger partial charge in [0.15, 0.2) is 0 Å². The van der Waals surface area contributed by atoms with Gasteiger partial charge in [0.25, 0.3) is 0 Å². The molecule has 2 N–H and O–H groups in total. The van der Waals surface area contributed by atoms with Crippen LogP contribution < -0.4 is 5.32 Å². The van der Waals surface area contributed by atoms with Crippen molar-refractivity contribution in [1.82, 2.24) is 10.2 Å². The van der Waals surface area contributed by atoms with Crippen molar-refractivity contribution in [1.29, 1.82) is 0 Å². The van der Waals surface area contributed by atoms with E-state index in [9.17, 15) is 9.59 Å². The maximum Gasteiger partial charge on any atom is 0.326 e. The number of hydrogen-bond donors (Lipinski definition) is 2. The molecular formula is C11H20N2O3S. The van der Waals surface area contributed by atoms with Crippen molar-refractivity contribution in [3.8, 4) is 0 Å². The van der Waals surface area contributed by atoms with Gasteiger partial charge in [-0.25, -0.2) is 9.59 Å². The van der Waals surface area contributed by atoms with E-state index in [4.69, 9.17) is 5.11 Å². The van der Waals surface area contributed by atoms with Crippen LogP contribution in [-0.4, -0.2) is 52.1 Å². The third-order valence-electron chi connectivity index (χ3n) is 2.89. The predicted octanol–water partition coefficient (Wildman–Crippen LogP) is 1.39. The molecule has 5 nitrogen and oxygen atoms in total. The van der Waals surface area contributed by atoms with Gasteiger partial charge in [0.1, 0.15) is 6.04 Å². The van der Waals surface area contributed by atoms with Crippen LogP contribution in [0.1, 0.15) is 26.7 Å².